The molecule has 0 bridgehead atoms. The third kappa shape index (κ3) is 6.22. The molecule has 1 amide bonds. The number of nitrogens with zero attached hydrogens (tertiary/aromatic N) is 2. The fraction of sp³-hybridized carbons (Fsp3) is 0.875. The van der Waals surface area contributed by atoms with Crippen LogP contribution in [0.4, 0.5) is 4.79 Å². The molecular formula is C16H30N2O4. The minimum Gasteiger partial charge on any atom is -0.469 e. The number of esters is 1. The molecule has 0 N–H and O–H groups in total. The Balaban J connectivity index is 2.33. The lowest BCUT2D eigenvalue weighted by Gasteiger charge is -2.35. The molecule has 0 aromatic carbocycles. The maximum Gasteiger partial charge on any atom is 0.410 e. The van der Waals surface area contributed by atoms with Crippen molar-refractivity contribution in [1.29, 1.82) is 0 Å². The molecule has 0 saturated carbocycles. The second kappa shape index (κ2) is 8.36. The highest BCUT2D eigenvalue weighted by atomic mass is 16.6. The second-order valence-electron chi connectivity index (χ2n) is 6.73. The Morgan fingerprint density at radius 3 is 2.18 bits per heavy atom. The largest absolute Gasteiger partial charge is 0.469 e. The number of carbonyl (C=O) groups excluding carboxylic acids is 2. The molecule has 128 valence electrons. The maximum atomic E-state index is 12.0. The standard InChI is InChI=1S/C16H30N2O4/c1-6-13(14(19)21-5)7-8-17-9-11-18(12-10-17)15(20)22-16(2,3)4/h13H,6-12H2,1-5H3. The van der Waals surface area contributed by atoms with Gasteiger partial charge in [0.05, 0.1) is 13.0 Å². The summed E-state index contributed by atoms with van der Waals surface area (Å²) >= 11 is 0. The summed E-state index contributed by atoms with van der Waals surface area (Å²) in [5.41, 5.74) is -0.455. The van der Waals surface area contributed by atoms with E-state index in [1.165, 1.54) is 7.11 Å². The predicted molar refractivity (Wildman–Crippen MR) is 84.7 cm³/mol. The molecule has 1 unspecified atom stereocenters. The highest BCUT2D eigenvalue weighted by molar-refractivity contribution is 5.72. The van der Waals surface area contributed by atoms with Gasteiger partial charge in [0.2, 0.25) is 0 Å². The van der Waals surface area contributed by atoms with Gasteiger partial charge in [0.15, 0.2) is 0 Å². The van der Waals surface area contributed by atoms with E-state index in [-0.39, 0.29) is 18.0 Å². The normalized spacial score (nSPS) is 18.0. The Hall–Kier alpha value is -1.30. The Morgan fingerprint density at radius 1 is 1.14 bits per heavy atom. The zero-order valence-corrected chi connectivity index (χ0v) is 14.6. The van der Waals surface area contributed by atoms with E-state index in [1.807, 2.05) is 27.7 Å². The van der Waals surface area contributed by atoms with Crippen LogP contribution < -0.4 is 0 Å². The fourth-order valence-electron chi connectivity index (χ4n) is 2.47. The van der Waals surface area contributed by atoms with Gasteiger partial charge < -0.3 is 14.4 Å². The molecule has 1 atom stereocenters. The number of piperazine rings is 1. The molecule has 0 radical (unpaired) electrons. The Labute approximate surface area is 133 Å². The van der Waals surface area contributed by atoms with Gasteiger partial charge in [-0.1, -0.05) is 6.92 Å². The Kier molecular flexibility index (Phi) is 7.13. The summed E-state index contributed by atoms with van der Waals surface area (Å²) in [7, 11) is 1.44. The van der Waals surface area contributed by atoms with Gasteiger partial charge in [-0.3, -0.25) is 9.69 Å². The van der Waals surface area contributed by atoms with Gasteiger partial charge in [-0.15, -0.1) is 0 Å². The molecule has 6 nitrogen and oxygen atoms in total. The first-order chi connectivity index (χ1) is 10.3. The molecule has 1 heterocycles. The molecule has 0 aromatic rings. The molecule has 6 heteroatoms. The highest BCUT2D eigenvalue weighted by Crippen LogP contribution is 2.14. The van der Waals surface area contributed by atoms with Gasteiger partial charge in [0.1, 0.15) is 5.60 Å². The fourth-order valence-corrected chi connectivity index (χ4v) is 2.47. The summed E-state index contributed by atoms with van der Waals surface area (Å²) in [5, 5.41) is 0. The van der Waals surface area contributed by atoms with Gasteiger partial charge in [-0.05, 0) is 40.2 Å². The first-order valence-corrected chi connectivity index (χ1v) is 8.05. The minimum absolute atomic E-state index is 0.0334. The molecule has 1 saturated heterocycles. The lowest BCUT2D eigenvalue weighted by molar-refractivity contribution is -0.145. The van der Waals surface area contributed by atoms with Crippen LogP contribution in [0.5, 0.6) is 0 Å². The molecule has 1 aliphatic heterocycles. The number of methoxy groups -OCH3 is 1. The van der Waals surface area contributed by atoms with Crippen LogP contribution >= 0.6 is 0 Å². The van der Waals surface area contributed by atoms with Gasteiger partial charge >= 0.3 is 12.1 Å². The SMILES string of the molecule is CCC(CCN1CCN(C(=O)OC(C)(C)C)CC1)C(=O)OC. The topological polar surface area (TPSA) is 59.1 Å². The van der Waals surface area contributed by atoms with E-state index >= 15 is 0 Å². The highest BCUT2D eigenvalue weighted by Gasteiger charge is 2.26. The van der Waals surface area contributed by atoms with Crippen molar-refractivity contribution in [2.75, 3.05) is 39.8 Å². The summed E-state index contributed by atoms with van der Waals surface area (Å²) in [5.74, 6) is -0.163. The van der Waals surface area contributed by atoms with Crippen molar-refractivity contribution in [3.05, 3.63) is 0 Å². The van der Waals surface area contributed by atoms with Crippen LogP contribution in [0.3, 0.4) is 0 Å². The third-order valence-corrected chi connectivity index (χ3v) is 3.85. The van der Waals surface area contributed by atoms with E-state index in [9.17, 15) is 9.59 Å². The van der Waals surface area contributed by atoms with E-state index in [0.29, 0.717) is 13.1 Å². The van der Waals surface area contributed by atoms with Gasteiger partial charge in [-0.25, -0.2) is 4.79 Å². The zero-order valence-electron chi connectivity index (χ0n) is 14.6. The zero-order chi connectivity index (χ0) is 16.8. The van der Waals surface area contributed by atoms with Crippen LogP contribution in [0, 0.1) is 5.92 Å². The summed E-state index contributed by atoms with van der Waals surface area (Å²) in [4.78, 5) is 27.6. The van der Waals surface area contributed by atoms with Gasteiger partial charge in [-0.2, -0.15) is 0 Å². The van der Waals surface area contributed by atoms with Crippen LogP contribution in [0.2, 0.25) is 0 Å². The van der Waals surface area contributed by atoms with E-state index in [1.54, 1.807) is 4.90 Å². The molecule has 0 aromatic heterocycles. The van der Waals surface area contributed by atoms with E-state index in [0.717, 1.165) is 32.5 Å². The number of hydrogen-bond donors (Lipinski definition) is 0. The van der Waals surface area contributed by atoms with Crippen LogP contribution in [-0.2, 0) is 14.3 Å². The van der Waals surface area contributed by atoms with E-state index < -0.39 is 5.60 Å². The molecular weight excluding hydrogens is 284 g/mol. The molecule has 1 fully saturated rings. The second-order valence-corrected chi connectivity index (χ2v) is 6.73. The number of carbonyl (C=O) groups is 2. The average Bonchev–Trinajstić information content (AvgIpc) is 2.46. The smallest absolute Gasteiger partial charge is 0.410 e. The summed E-state index contributed by atoms with van der Waals surface area (Å²) < 4.78 is 10.2. The first kappa shape index (κ1) is 18.7. The number of amides is 1. The average molecular weight is 314 g/mol. The molecule has 1 rings (SSSR count). The van der Waals surface area contributed by atoms with Crippen molar-refractivity contribution in [3.63, 3.8) is 0 Å². The van der Waals surface area contributed by atoms with Crippen LogP contribution in [0.25, 0.3) is 0 Å². The lowest BCUT2D eigenvalue weighted by atomic mass is 10.0. The van der Waals surface area contributed by atoms with Gasteiger partial charge in [0.25, 0.3) is 0 Å². The van der Waals surface area contributed by atoms with Crippen LogP contribution in [0.15, 0.2) is 0 Å². The summed E-state index contributed by atoms with van der Waals surface area (Å²) in [6, 6.07) is 0. The monoisotopic (exact) mass is 314 g/mol. The van der Waals surface area contributed by atoms with Crippen molar-refractivity contribution in [2.24, 2.45) is 5.92 Å². The number of hydrogen-bond acceptors (Lipinski definition) is 5. The van der Waals surface area contributed by atoms with E-state index in [4.69, 9.17) is 9.47 Å². The van der Waals surface area contributed by atoms with Crippen molar-refractivity contribution in [1.82, 2.24) is 9.80 Å². The van der Waals surface area contributed by atoms with Crippen molar-refractivity contribution in [2.45, 2.75) is 46.1 Å². The first-order valence-electron chi connectivity index (χ1n) is 8.05. The van der Waals surface area contributed by atoms with Crippen molar-refractivity contribution >= 4 is 12.1 Å². The number of rotatable bonds is 5. The van der Waals surface area contributed by atoms with Crippen LogP contribution in [-0.4, -0.2) is 67.3 Å². The van der Waals surface area contributed by atoms with Gasteiger partial charge in [0, 0.05) is 26.2 Å². The quantitative estimate of drug-likeness (QED) is 0.728. The Bertz CT molecular complexity index is 371. The molecule has 22 heavy (non-hydrogen) atoms. The summed E-state index contributed by atoms with van der Waals surface area (Å²) in [6.45, 7) is 11.5. The molecule has 0 aliphatic carbocycles. The van der Waals surface area contributed by atoms with Crippen molar-refractivity contribution < 1.29 is 19.1 Å². The minimum atomic E-state index is -0.455. The Morgan fingerprint density at radius 2 is 1.73 bits per heavy atom. The number of ether oxygens (including phenoxy) is 2. The van der Waals surface area contributed by atoms with Crippen LogP contribution in [0.1, 0.15) is 40.5 Å². The molecule has 1 aliphatic rings. The van der Waals surface area contributed by atoms with Crippen molar-refractivity contribution in [3.8, 4) is 0 Å². The maximum absolute atomic E-state index is 12.0. The van der Waals surface area contributed by atoms with E-state index in [2.05, 4.69) is 4.90 Å². The summed E-state index contributed by atoms with van der Waals surface area (Å²) in [6.07, 6.45) is 1.35. The predicted octanol–water partition coefficient (Wildman–Crippen LogP) is 2.13. The lowest BCUT2D eigenvalue weighted by Crippen LogP contribution is -2.50. The molecule has 0 spiro atoms. The third-order valence-electron chi connectivity index (χ3n) is 3.85.